The molecule has 0 saturated heterocycles. The van der Waals surface area contributed by atoms with Crippen molar-refractivity contribution in [3.05, 3.63) is 54.2 Å². The lowest BCUT2D eigenvalue weighted by Gasteiger charge is -2.24. The number of carbonyl (C=O) groups excluding carboxylic acids is 2. The second kappa shape index (κ2) is 9.94. The van der Waals surface area contributed by atoms with E-state index < -0.39 is 5.91 Å². The Morgan fingerprint density at radius 2 is 2.00 bits per heavy atom. The lowest BCUT2D eigenvalue weighted by molar-refractivity contribution is -0.121. The molecule has 0 aliphatic carbocycles. The lowest BCUT2D eigenvalue weighted by atomic mass is 10.2. The van der Waals surface area contributed by atoms with E-state index in [1.54, 1.807) is 22.9 Å². The van der Waals surface area contributed by atoms with E-state index in [9.17, 15) is 9.59 Å². The minimum Gasteiger partial charge on any atom is -0.369 e. The van der Waals surface area contributed by atoms with Crippen molar-refractivity contribution in [2.45, 2.75) is 30.7 Å². The molecule has 1 aromatic heterocycles. The predicted octanol–water partition coefficient (Wildman–Crippen LogP) is 2.51. The summed E-state index contributed by atoms with van der Waals surface area (Å²) in [6.07, 6.45) is 1.77. The molecule has 7 heteroatoms. The number of primary amides is 1. The molecule has 3 N–H and O–H groups in total. The second-order valence-electron chi connectivity index (χ2n) is 6.17. The highest BCUT2D eigenvalue weighted by Crippen LogP contribution is 2.22. The van der Waals surface area contributed by atoms with Crippen molar-refractivity contribution in [2.24, 2.45) is 5.73 Å². The number of thioether (sulfide) groups is 1. The van der Waals surface area contributed by atoms with Gasteiger partial charge in [-0.25, -0.2) is 4.98 Å². The number of rotatable bonds is 9. The Bertz CT molecular complexity index is 737. The molecule has 0 aliphatic heterocycles. The zero-order valence-corrected chi connectivity index (χ0v) is 15.8. The third-order valence-corrected chi connectivity index (χ3v) is 4.69. The summed E-state index contributed by atoms with van der Waals surface area (Å²) in [6.45, 7) is 4.02. The van der Waals surface area contributed by atoms with Crippen LogP contribution in [0, 0.1) is 0 Å². The lowest BCUT2D eigenvalue weighted by Crippen LogP contribution is -2.43. The number of nitrogens with two attached hydrogens (primary N) is 1. The average Bonchev–Trinajstić information content (AvgIpc) is 2.60. The van der Waals surface area contributed by atoms with Gasteiger partial charge in [-0.05, 0) is 43.7 Å². The molecule has 2 amide bonds. The molecule has 1 aromatic carbocycles. The van der Waals surface area contributed by atoms with Gasteiger partial charge in [-0.1, -0.05) is 18.2 Å². The number of amides is 2. The quantitative estimate of drug-likeness (QED) is 0.660. The predicted molar refractivity (Wildman–Crippen MR) is 105 cm³/mol. The minimum absolute atomic E-state index is 0.0503. The van der Waals surface area contributed by atoms with Crippen LogP contribution in [0.4, 0.5) is 5.69 Å². The second-order valence-corrected chi connectivity index (χ2v) is 7.17. The Balaban J connectivity index is 1.92. The summed E-state index contributed by atoms with van der Waals surface area (Å²) < 4.78 is 0. The van der Waals surface area contributed by atoms with Crippen LogP contribution in [0.5, 0.6) is 0 Å². The number of benzene rings is 1. The SMILES string of the molecule is CC(C)N(CC(N)=O)CC(=O)Nc1cccc(CSc2ccccn2)c1. The van der Waals surface area contributed by atoms with Gasteiger partial charge in [0.25, 0.3) is 0 Å². The minimum atomic E-state index is -0.444. The monoisotopic (exact) mass is 372 g/mol. The first kappa shape index (κ1) is 19.9. The van der Waals surface area contributed by atoms with Crippen molar-refractivity contribution in [3.63, 3.8) is 0 Å². The summed E-state index contributed by atoms with van der Waals surface area (Å²) in [5, 5.41) is 3.84. The van der Waals surface area contributed by atoms with Crippen LogP contribution in [0.2, 0.25) is 0 Å². The van der Waals surface area contributed by atoms with Crippen LogP contribution in [0.25, 0.3) is 0 Å². The highest BCUT2D eigenvalue weighted by Gasteiger charge is 2.16. The van der Waals surface area contributed by atoms with Gasteiger partial charge >= 0.3 is 0 Å². The van der Waals surface area contributed by atoms with Crippen LogP contribution in [0.3, 0.4) is 0 Å². The van der Waals surface area contributed by atoms with Gasteiger partial charge in [-0.15, -0.1) is 11.8 Å². The van der Waals surface area contributed by atoms with Crippen LogP contribution in [-0.4, -0.2) is 40.8 Å². The topological polar surface area (TPSA) is 88.3 Å². The van der Waals surface area contributed by atoms with Crippen LogP contribution in [0.1, 0.15) is 19.4 Å². The smallest absolute Gasteiger partial charge is 0.238 e. The van der Waals surface area contributed by atoms with Crippen molar-refractivity contribution in [1.82, 2.24) is 9.88 Å². The van der Waals surface area contributed by atoms with Crippen molar-refractivity contribution in [3.8, 4) is 0 Å². The van der Waals surface area contributed by atoms with E-state index in [1.165, 1.54) is 0 Å². The highest BCUT2D eigenvalue weighted by atomic mass is 32.2. The Labute approximate surface area is 158 Å². The normalized spacial score (nSPS) is 10.9. The standard InChI is InChI=1S/C19H24N4O2S/c1-14(2)23(11-17(20)24)12-18(25)22-16-7-5-6-15(10-16)13-26-19-8-3-4-9-21-19/h3-10,14H,11-13H2,1-2H3,(H2,20,24)(H,22,25). The van der Waals surface area contributed by atoms with Gasteiger partial charge in [-0.2, -0.15) is 0 Å². The van der Waals surface area contributed by atoms with Gasteiger partial charge < -0.3 is 11.1 Å². The summed E-state index contributed by atoms with van der Waals surface area (Å²) >= 11 is 1.64. The molecule has 0 aliphatic rings. The molecule has 2 rings (SSSR count). The Morgan fingerprint density at radius 3 is 2.65 bits per heavy atom. The van der Waals surface area contributed by atoms with Gasteiger partial charge in [0, 0.05) is 23.7 Å². The molecular formula is C19H24N4O2S. The number of nitrogens with one attached hydrogen (secondary N) is 1. The zero-order valence-electron chi connectivity index (χ0n) is 15.0. The number of carbonyl (C=O) groups is 2. The maximum Gasteiger partial charge on any atom is 0.238 e. The van der Waals surface area contributed by atoms with Gasteiger partial charge in [0.1, 0.15) is 0 Å². The summed E-state index contributed by atoms with van der Waals surface area (Å²) in [4.78, 5) is 29.4. The number of hydrogen-bond acceptors (Lipinski definition) is 5. The van der Waals surface area contributed by atoms with E-state index in [-0.39, 0.29) is 25.0 Å². The number of nitrogens with zero attached hydrogens (tertiary/aromatic N) is 2. The van der Waals surface area contributed by atoms with Crippen molar-refractivity contribution in [2.75, 3.05) is 18.4 Å². The highest BCUT2D eigenvalue weighted by molar-refractivity contribution is 7.98. The fourth-order valence-corrected chi connectivity index (χ4v) is 3.14. The van der Waals surface area contributed by atoms with Crippen LogP contribution in [0.15, 0.2) is 53.7 Å². The van der Waals surface area contributed by atoms with Crippen molar-refractivity contribution >= 4 is 29.3 Å². The molecule has 0 spiro atoms. The summed E-state index contributed by atoms with van der Waals surface area (Å²) in [7, 11) is 0. The molecule has 0 fully saturated rings. The summed E-state index contributed by atoms with van der Waals surface area (Å²) in [6, 6.07) is 13.6. The molecule has 0 saturated carbocycles. The number of aromatic nitrogens is 1. The number of pyridine rings is 1. The number of hydrogen-bond donors (Lipinski definition) is 2. The molecule has 1 heterocycles. The fourth-order valence-electron chi connectivity index (χ4n) is 2.33. The maximum absolute atomic E-state index is 12.3. The van der Waals surface area contributed by atoms with Gasteiger partial charge in [-0.3, -0.25) is 14.5 Å². The van der Waals surface area contributed by atoms with E-state index in [4.69, 9.17) is 5.73 Å². The molecule has 138 valence electrons. The summed E-state index contributed by atoms with van der Waals surface area (Å²) in [5.41, 5.74) is 7.07. The van der Waals surface area contributed by atoms with Crippen molar-refractivity contribution in [1.29, 1.82) is 0 Å². The van der Waals surface area contributed by atoms with Crippen LogP contribution < -0.4 is 11.1 Å². The van der Waals surface area contributed by atoms with E-state index in [2.05, 4.69) is 10.3 Å². The van der Waals surface area contributed by atoms with Crippen LogP contribution in [-0.2, 0) is 15.3 Å². The molecule has 26 heavy (non-hydrogen) atoms. The average molecular weight is 372 g/mol. The van der Waals surface area contributed by atoms with Gasteiger partial charge in [0.2, 0.25) is 11.8 Å². The molecule has 0 radical (unpaired) electrons. The molecular weight excluding hydrogens is 348 g/mol. The van der Waals surface area contributed by atoms with E-state index in [1.807, 2.05) is 56.3 Å². The van der Waals surface area contributed by atoms with E-state index in [0.29, 0.717) is 0 Å². The molecule has 2 aromatic rings. The van der Waals surface area contributed by atoms with Gasteiger partial charge in [0.05, 0.1) is 18.1 Å². The van der Waals surface area contributed by atoms with Crippen LogP contribution >= 0.6 is 11.8 Å². The van der Waals surface area contributed by atoms with E-state index in [0.717, 1.165) is 22.0 Å². The molecule has 0 atom stereocenters. The van der Waals surface area contributed by atoms with Crippen molar-refractivity contribution < 1.29 is 9.59 Å². The summed E-state index contributed by atoms with van der Waals surface area (Å²) in [5.74, 6) is 0.148. The third kappa shape index (κ3) is 6.85. The fraction of sp³-hybridized carbons (Fsp3) is 0.316. The van der Waals surface area contributed by atoms with E-state index >= 15 is 0 Å². The molecule has 0 unspecified atom stereocenters. The zero-order chi connectivity index (χ0) is 18.9. The Morgan fingerprint density at radius 1 is 1.19 bits per heavy atom. The first-order chi connectivity index (χ1) is 12.4. The first-order valence-electron chi connectivity index (χ1n) is 8.39. The molecule has 0 bridgehead atoms. The molecule has 6 nitrogen and oxygen atoms in total. The third-order valence-electron chi connectivity index (χ3n) is 3.67. The first-order valence-corrected chi connectivity index (χ1v) is 9.37. The van der Waals surface area contributed by atoms with Gasteiger partial charge in [0.15, 0.2) is 0 Å². The Hall–Kier alpha value is -2.38. The largest absolute Gasteiger partial charge is 0.369 e. The number of anilines is 1. The Kier molecular flexibility index (Phi) is 7.62. The maximum atomic E-state index is 12.3.